The van der Waals surface area contributed by atoms with Crippen LogP contribution in [-0.2, 0) is 4.74 Å². The van der Waals surface area contributed by atoms with Crippen molar-refractivity contribution in [3.63, 3.8) is 0 Å². The van der Waals surface area contributed by atoms with E-state index >= 15 is 0 Å². The average molecular weight is 270 g/mol. The lowest BCUT2D eigenvalue weighted by Crippen LogP contribution is -2.04. The minimum Gasteiger partial charge on any atom is -0.461 e. The van der Waals surface area contributed by atoms with Crippen LogP contribution < -0.4 is 0 Å². The molecule has 0 saturated carbocycles. The largest absolute Gasteiger partial charge is 0.461 e. The number of H-pyrrole nitrogens is 1. The molecule has 1 N–H and O–H groups in total. The molecule has 0 aliphatic carbocycles. The summed E-state index contributed by atoms with van der Waals surface area (Å²) in [6.07, 6.45) is 2.97. The van der Waals surface area contributed by atoms with Crippen molar-refractivity contribution in [1.29, 1.82) is 0 Å². The van der Waals surface area contributed by atoms with E-state index in [1.165, 1.54) is 12.1 Å². The first-order valence-corrected chi connectivity index (χ1v) is 6.20. The number of hydrogen-bond donors (Lipinski definition) is 1. The molecule has 0 radical (unpaired) electrons. The maximum Gasteiger partial charge on any atom is 0.356 e. The van der Waals surface area contributed by atoms with Crippen LogP contribution in [-0.4, -0.2) is 28.6 Å². The molecule has 102 valence electrons. The normalized spacial score (nSPS) is 10.7. The van der Waals surface area contributed by atoms with Crippen molar-refractivity contribution < 1.29 is 14.3 Å². The summed E-state index contributed by atoms with van der Waals surface area (Å²) in [5.74, 6) is -0.583. The Bertz CT molecular complexity index is 630. The van der Waals surface area contributed by atoms with Gasteiger partial charge in [-0.2, -0.15) is 5.10 Å². The summed E-state index contributed by atoms with van der Waals surface area (Å²) in [6, 6.07) is 10.5. The third-order valence-electron chi connectivity index (χ3n) is 2.56. The van der Waals surface area contributed by atoms with E-state index in [4.69, 9.17) is 4.74 Å². The number of ether oxygens (including phenoxy) is 1. The molecule has 2 rings (SSSR count). The summed E-state index contributed by atoms with van der Waals surface area (Å²) in [6.45, 7) is 2.03. The van der Waals surface area contributed by atoms with Crippen LogP contribution in [0.15, 0.2) is 42.5 Å². The fourth-order valence-electron chi connectivity index (χ4n) is 1.60. The fourth-order valence-corrected chi connectivity index (χ4v) is 1.60. The summed E-state index contributed by atoms with van der Waals surface area (Å²) in [7, 11) is 0. The first-order valence-electron chi connectivity index (χ1n) is 6.20. The second-order valence-electron chi connectivity index (χ2n) is 3.99. The van der Waals surface area contributed by atoms with E-state index in [1.54, 1.807) is 37.3 Å². The summed E-state index contributed by atoms with van der Waals surface area (Å²) in [5.41, 5.74) is 1.36. The zero-order valence-corrected chi connectivity index (χ0v) is 11.0. The van der Waals surface area contributed by atoms with Gasteiger partial charge in [0.05, 0.1) is 12.3 Å². The third-order valence-corrected chi connectivity index (χ3v) is 2.56. The van der Waals surface area contributed by atoms with Gasteiger partial charge >= 0.3 is 5.97 Å². The summed E-state index contributed by atoms with van der Waals surface area (Å²) >= 11 is 0. The summed E-state index contributed by atoms with van der Waals surface area (Å²) in [4.78, 5) is 23.3. The topological polar surface area (TPSA) is 72.1 Å². The first kappa shape index (κ1) is 13.7. The molecule has 0 atom stereocenters. The number of nitrogens with one attached hydrogen (secondary N) is 1. The van der Waals surface area contributed by atoms with Crippen LogP contribution in [0.4, 0.5) is 0 Å². The van der Waals surface area contributed by atoms with E-state index in [9.17, 15) is 9.59 Å². The number of carbonyl (C=O) groups excluding carboxylic acids is 2. The number of rotatable bonds is 5. The number of aromatic amines is 1. The molecule has 5 heteroatoms. The molecule has 2 aromatic rings. The molecule has 0 saturated heterocycles. The van der Waals surface area contributed by atoms with Crippen LogP contribution in [0.5, 0.6) is 0 Å². The molecule has 1 heterocycles. The number of aromatic nitrogens is 2. The summed E-state index contributed by atoms with van der Waals surface area (Å²) < 4.78 is 4.83. The Hall–Kier alpha value is -2.69. The molecule has 0 fully saturated rings. The molecule has 0 aliphatic rings. The fraction of sp³-hybridized carbons (Fsp3) is 0.133. The number of benzene rings is 1. The Kier molecular flexibility index (Phi) is 4.44. The Morgan fingerprint density at radius 3 is 2.75 bits per heavy atom. The van der Waals surface area contributed by atoms with E-state index in [0.717, 1.165) is 0 Å². The molecule has 0 amide bonds. The number of nitrogens with zero attached hydrogens (tertiary/aromatic N) is 1. The Morgan fingerprint density at radius 1 is 1.30 bits per heavy atom. The van der Waals surface area contributed by atoms with Gasteiger partial charge in [0.1, 0.15) is 5.69 Å². The maximum absolute atomic E-state index is 11.8. The van der Waals surface area contributed by atoms with E-state index in [-0.39, 0.29) is 11.5 Å². The van der Waals surface area contributed by atoms with Crippen molar-refractivity contribution in [3.8, 4) is 0 Å². The van der Waals surface area contributed by atoms with E-state index in [0.29, 0.717) is 17.9 Å². The molecule has 0 bridgehead atoms. The molecule has 5 nitrogen and oxygen atoms in total. The predicted octanol–water partition coefficient (Wildman–Crippen LogP) is 2.48. The minimum absolute atomic E-state index is 0.119. The van der Waals surface area contributed by atoms with Crippen LogP contribution in [0.1, 0.15) is 33.5 Å². The molecule has 1 aromatic heterocycles. The molecular weight excluding hydrogens is 256 g/mol. The highest BCUT2D eigenvalue weighted by atomic mass is 16.5. The predicted molar refractivity (Wildman–Crippen MR) is 74.4 cm³/mol. The lowest BCUT2D eigenvalue weighted by atomic mass is 10.1. The van der Waals surface area contributed by atoms with Crippen LogP contribution in [0.2, 0.25) is 0 Å². The van der Waals surface area contributed by atoms with Crippen molar-refractivity contribution >= 4 is 17.8 Å². The standard InChI is InChI=1S/C15H14N2O3/c1-2-20-15(19)13-10-12(16-17-13)8-9-14(18)11-6-4-3-5-7-11/h3-10H,2H2,1H3,(H,16,17)/b9-8+. The molecular formula is C15H14N2O3. The van der Waals surface area contributed by atoms with Crippen LogP contribution in [0.3, 0.4) is 0 Å². The number of hydrogen-bond acceptors (Lipinski definition) is 4. The van der Waals surface area contributed by atoms with Gasteiger partial charge in [-0.3, -0.25) is 9.89 Å². The zero-order valence-electron chi connectivity index (χ0n) is 11.0. The van der Waals surface area contributed by atoms with Gasteiger partial charge in [0.2, 0.25) is 0 Å². The smallest absolute Gasteiger partial charge is 0.356 e. The molecule has 20 heavy (non-hydrogen) atoms. The number of carbonyl (C=O) groups is 2. The van der Waals surface area contributed by atoms with Gasteiger partial charge < -0.3 is 4.74 Å². The van der Waals surface area contributed by atoms with Crippen molar-refractivity contribution in [1.82, 2.24) is 10.2 Å². The Labute approximate surface area is 116 Å². The highest BCUT2D eigenvalue weighted by Gasteiger charge is 2.09. The monoisotopic (exact) mass is 270 g/mol. The Morgan fingerprint density at radius 2 is 2.05 bits per heavy atom. The van der Waals surface area contributed by atoms with Crippen molar-refractivity contribution in [3.05, 3.63) is 59.4 Å². The van der Waals surface area contributed by atoms with Crippen LogP contribution in [0, 0.1) is 0 Å². The Balaban J connectivity index is 2.05. The van der Waals surface area contributed by atoms with E-state index in [2.05, 4.69) is 10.2 Å². The van der Waals surface area contributed by atoms with Crippen LogP contribution >= 0.6 is 0 Å². The van der Waals surface area contributed by atoms with Gasteiger partial charge in [-0.05, 0) is 25.1 Å². The molecule has 0 aliphatic heterocycles. The first-order chi connectivity index (χ1) is 9.70. The number of esters is 1. The van der Waals surface area contributed by atoms with Gasteiger partial charge in [0.25, 0.3) is 0 Å². The second-order valence-corrected chi connectivity index (χ2v) is 3.99. The van der Waals surface area contributed by atoms with Crippen molar-refractivity contribution in [2.75, 3.05) is 6.61 Å². The second kappa shape index (κ2) is 6.47. The van der Waals surface area contributed by atoms with Crippen molar-refractivity contribution in [2.45, 2.75) is 6.92 Å². The zero-order chi connectivity index (χ0) is 14.4. The lowest BCUT2D eigenvalue weighted by molar-refractivity contribution is 0.0519. The lowest BCUT2D eigenvalue weighted by Gasteiger charge is -1.95. The SMILES string of the molecule is CCOC(=O)c1cc(/C=C/C(=O)c2ccccc2)n[nH]1. The molecule has 0 spiro atoms. The highest BCUT2D eigenvalue weighted by molar-refractivity contribution is 6.06. The highest BCUT2D eigenvalue weighted by Crippen LogP contribution is 2.06. The number of ketones is 1. The van der Waals surface area contributed by atoms with Gasteiger partial charge in [0, 0.05) is 5.56 Å². The van der Waals surface area contributed by atoms with Crippen molar-refractivity contribution in [2.24, 2.45) is 0 Å². The maximum atomic E-state index is 11.8. The van der Waals surface area contributed by atoms with E-state index in [1.807, 2.05) is 6.07 Å². The van der Waals surface area contributed by atoms with Gasteiger partial charge in [-0.1, -0.05) is 30.3 Å². The molecule has 1 aromatic carbocycles. The van der Waals surface area contributed by atoms with Gasteiger partial charge in [-0.15, -0.1) is 0 Å². The summed E-state index contributed by atoms with van der Waals surface area (Å²) in [5, 5.41) is 6.49. The number of allylic oxidation sites excluding steroid dienone is 1. The molecule has 0 unspecified atom stereocenters. The van der Waals surface area contributed by atoms with Gasteiger partial charge in [-0.25, -0.2) is 4.79 Å². The third kappa shape index (κ3) is 3.41. The van der Waals surface area contributed by atoms with Crippen LogP contribution in [0.25, 0.3) is 6.08 Å². The van der Waals surface area contributed by atoms with E-state index < -0.39 is 5.97 Å². The quantitative estimate of drug-likeness (QED) is 0.514. The average Bonchev–Trinajstić information content (AvgIpc) is 2.95. The minimum atomic E-state index is -0.464. The van der Waals surface area contributed by atoms with Gasteiger partial charge in [0.15, 0.2) is 5.78 Å².